The SMILES string of the molecule is Cc1cc(C(CC(=O)O)NC2CC2)n[nH]1. The van der Waals surface area contributed by atoms with Gasteiger partial charge >= 0.3 is 5.97 Å². The molecule has 5 nitrogen and oxygen atoms in total. The molecular formula is C10H15N3O2. The van der Waals surface area contributed by atoms with E-state index in [0.29, 0.717) is 6.04 Å². The summed E-state index contributed by atoms with van der Waals surface area (Å²) in [5.74, 6) is -0.797. The molecule has 1 heterocycles. The smallest absolute Gasteiger partial charge is 0.305 e. The second kappa shape index (κ2) is 4.02. The van der Waals surface area contributed by atoms with Crippen LogP contribution in [0.1, 0.15) is 36.7 Å². The van der Waals surface area contributed by atoms with Crippen LogP contribution >= 0.6 is 0 Å². The normalized spacial score (nSPS) is 17.7. The summed E-state index contributed by atoms with van der Waals surface area (Å²) < 4.78 is 0. The van der Waals surface area contributed by atoms with E-state index in [4.69, 9.17) is 5.11 Å². The Morgan fingerprint density at radius 1 is 1.80 bits per heavy atom. The zero-order valence-electron chi connectivity index (χ0n) is 8.66. The van der Waals surface area contributed by atoms with E-state index in [-0.39, 0.29) is 12.5 Å². The van der Waals surface area contributed by atoms with Crippen LogP contribution in [-0.2, 0) is 4.79 Å². The summed E-state index contributed by atoms with van der Waals surface area (Å²) in [5, 5.41) is 19.0. The highest BCUT2D eigenvalue weighted by atomic mass is 16.4. The number of carbonyl (C=O) groups is 1. The van der Waals surface area contributed by atoms with E-state index < -0.39 is 5.97 Å². The fourth-order valence-corrected chi connectivity index (χ4v) is 1.58. The summed E-state index contributed by atoms with van der Waals surface area (Å²) >= 11 is 0. The highest BCUT2D eigenvalue weighted by Gasteiger charge is 2.27. The standard InChI is InChI=1S/C10H15N3O2/c1-6-4-9(13-12-6)8(5-10(14)15)11-7-2-3-7/h4,7-8,11H,2-3,5H2,1H3,(H,12,13)(H,14,15). The first-order valence-electron chi connectivity index (χ1n) is 5.15. The van der Waals surface area contributed by atoms with Gasteiger partial charge in [-0.25, -0.2) is 0 Å². The number of carboxylic acid groups (broad SMARTS) is 1. The molecule has 0 aromatic carbocycles. The minimum Gasteiger partial charge on any atom is -0.481 e. The maximum absolute atomic E-state index is 10.7. The number of H-pyrrole nitrogens is 1. The number of hydrogen-bond acceptors (Lipinski definition) is 3. The van der Waals surface area contributed by atoms with Crippen LogP contribution in [-0.4, -0.2) is 27.3 Å². The number of hydrogen-bond donors (Lipinski definition) is 3. The zero-order valence-corrected chi connectivity index (χ0v) is 8.66. The third kappa shape index (κ3) is 2.79. The first-order valence-corrected chi connectivity index (χ1v) is 5.15. The fourth-order valence-electron chi connectivity index (χ4n) is 1.58. The van der Waals surface area contributed by atoms with Gasteiger partial charge in [0.2, 0.25) is 0 Å². The number of aryl methyl sites for hydroxylation is 1. The number of aromatic nitrogens is 2. The van der Waals surface area contributed by atoms with E-state index in [1.807, 2.05) is 13.0 Å². The Morgan fingerprint density at radius 2 is 2.53 bits per heavy atom. The van der Waals surface area contributed by atoms with Crippen molar-refractivity contribution in [3.05, 3.63) is 17.5 Å². The largest absolute Gasteiger partial charge is 0.481 e. The molecule has 0 saturated heterocycles. The van der Waals surface area contributed by atoms with Crippen LogP contribution in [0.2, 0.25) is 0 Å². The first-order chi connectivity index (χ1) is 7.15. The third-order valence-corrected chi connectivity index (χ3v) is 2.48. The molecule has 15 heavy (non-hydrogen) atoms. The van der Waals surface area contributed by atoms with Crippen LogP contribution in [0.5, 0.6) is 0 Å². The Kier molecular flexibility index (Phi) is 2.73. The van der Waals surface area contributed by atoms with Gasteiger partial charge in [0.25, 0.3) is 0 Å². The van der Waals surface area contributed by atoms with Gasteiger partial charge < -0.3 is 10.4 Å². The van der Waals surface area contributed by atoms with Crippen molar-refractivity contribution >= 4 is 5.97 Å². The summed E-state index contributed by atoms with van der Waals surface area (Å²) in [6.45, 7) is 1.91. The molecule has 3 N–H and O–H groups in total. The lowest BCUT2D eigenvalue weighted by Gasteiger charge is -2.13. The fraction of sp³-hybridized carbons (Fsp3) is 0.600. The molecule has 0 amide bonds. The Labute approximate surface area is 87.9 Å². The van der Waals surface area contributed by atoms with Gasteiger partial charge in [0.1, 0.15) is 0 Å². The molecule has 1 unspecified atom stereocenters. The molecule has 1 atom stereocenters. The lowest BCUT2D eigenvalue weighted by atomic mass is 10.1. The molecular weight excluding hydrogens is 194 g/mol. The maximum Gasteiger partial charge on any atom is 0.305 e. The predicted molar refractivity (Wildman–Crippen MR) is 54.5 cm³/mol. The molecule has 1 aromatic heterocycles. The Balaban J connectivity index is 2.05. The highest BCUT2D eigenvalue weighted by molar-refractivity contribution is 5.67. The average Bonchev–Trinajstić information content (AvgIpc) is 2.85. The van der Waals surface area contributed by atoms with E-state index in [1.165, 1.54) is 0 Å². The molecule has 1 aliphatic rings. The average molecular weight is 209 g/mol. The Hall–Kier alpha value is -1.36. The molecule has 82 valence electrons. The quantitative estimate of drug-likeness (QED) is 0.675. The minimum absolute atomic E-state index is 0.0841. The number of aliphatic carboxylic acids is 1. The summed E-state index contributed by atoms with van der Waals surface area (Å²) in [6.07, 6.45) is 2.36. The summed E-state index contributed by atoms with van der Waals surface area (Å²) in [5.41, 5.74) is 1.75. The molecule has 0 spiro atoms. The third-order valence-electron chi connectivity index (χ3n) is 2.48. The van der Waals surface area contributed by atoms with Gasteiger partial charge in [-0.15, -0.1) is 0 Å². The Morgan fingerprint density at radius 3 is 3.00 bits per heavy atom. The molecule has 1 saturated carbocycles. The van der Waals surface area contributed by atoms with Gasteiger partial charge in [0, 0.05) is 11.7 Å². The molecule has 0 radical (unpaired) electrons. The first kappa shape index (κ1) is 10.2. The summed E-state index contributed by atoms with van der Waals surface area (Å²) in [4.78, 5) is 10.7. The second-order valence-electron chi connectivity index (χ2n) is 4.07. The van der Waals surface area contributed by atoms with Crippen molar-refractivity contribution in [2.24, 2.45) is 0 Å². The second-order valence-corrected chi connectivity index (χ2v) is 4.07. The van der Waals surface area contributed by atoms with Crippen molar-refractivity contribution in [3.63, 3.8) is 0 Å². The molecule has 0 bridgehead atoms. The van der Waals surface area contributed by atoms with Crippen molar-refractivity contribution < 1.29 is 9.90 Å². The van der Waals surface area contributed by atoms with Crippen LogP contribution in [0.15, 0.2) is 6.07 Å². The van der Waals surface area contributed by atoms with Crippen LogP contribution in [0, 0.1) is 6.92 Å². The molecule has 0 aliphatic heterocycles. The van der Waals surface area contributed by atoms with Crippen molar-refractivity contribution in [2.75, 3.05) is 0 Å². The minimum atomic E-state index is -0.797. The summed E-state index contributed by atoms with van der Waals surface area (Å²) in [7, 11) is 0. The monoisotopic (exact) mass is 209 g/mol. The van der Waals surface area contributed by atoms with E-state index in [2.05, 4.69) is 15.5 Å². The molecule has 1 aliphatic carbocycles. The van der Waals surface area contributed by atoms with Gasteiger partial charge in [-0.3, -0.25) is 9.89 Å². The van der Waals surface area contributed by atoms with Gasteiger partial charge in [0.15, 0.2) is 0 Å². The summed E-state index contributed by atoms with van der Waals surface area (Å²) in [6, 6.07) is 2.20. The number of carboxylic acids is 1. The van der Waals surface area contributed by atoms with E-state index >= 15 is 0 Å². The van der Waals surface area contributed by atoms with Crippen LogP contribution < -0.4 is 5.32 Å². The van der Waals surface area contributed by atoms with Gasteiger partial charge in [-0.05, 0) is 25.8 Å². The lowest BCUT2D eigenvalue weighted by molar-refractivity contribution is -0.137. The molecule has 1 aromatic rings. The predicted octanol–water partition coefficient (Wildman–Crippen LogP) is 0.986. The molecule has 1 fully saturated rings. The van der Waals surface area contributed by atoms with Crippen LogP contribution in [0.4, 0.5) is 0 Å². The Bertz CT molecular complexity index is 357. The highest BCUT2D eigenvalue weighted by Crippen LogP contribution is 2.25. The van der Waals surface area contributed by atoms with E-state index in [1.54, 1.807) is 0 Å². The van der Waals surface area contributed by atoms with Crippen molar-refractivity contribution in [1.29, 1.82) is 0 Å². The molecule has 2 rings (SSSR count). The lowest BCUT2D eigenvalue weighted by Crippen LogP contribution is -2.26. The number of rotatable bonds is 5. The number of nitrogens with one attached hydrogen (secondary N) is 2. The van der Waals surface area contributed by atoms with Crippen molar-refractivity contribution in [2.45, 2.75) is 38.3 Å². The zero-order chi connectivity index (χ0) is 10.8. The molecule has 5 heteroatoms. The van der Waals surface area contributed by atoms with Gasteiger partial charge in [-0.2, -0.15) is 5.10 Å². The van der Waals surface area contributed by atoms with Crippen molar-refractivity contribution in [1.82, 2.24) is 15.5 Å². The number of aromatic amines is 1. The van der Waals surface area contributed by atoms with Crippen LogP contribution in [0.25, 0.3) is 0 Å². The topological polar surface area (TPSA) is 78.0 Å². The number of nitrogens with zero attached hydrogens (tertiary/aromatic N) is 1. The maximum atomic E-state index is 10.7. The van der Waals surface area contributed by atoms with E-state index in [9.17, 15) is 4.79 Å². The van der Waals surface area contributed by atoms with Crippen LogP contribution in [0.3, 0.4) is 0 Å². The van der Waals surface area contributed by atoms with Gasteiger partial charge in [0.05, 0.1) is 18.2 Å². The van der Waals surface area contributed by atoms with Crippen molar-refractivity contribution in [3.8, 4) is 0 Å². The van der Waals surface area contributed by atoms with E-state index in [0.717, 1.165) is 24.2 Å². The van der Waals surface area contributed by atoms with Gasteiger partial charge in [-0.1, -0.05) is 0 Å².